The largest absolute Gasteiger partial charge is 0.550 e. The molecule has 0 bridgehead atoms. The topological polar surface area (TPSA) is 175 Å². The lowest BCUT2D eigenvalue weighted by molar-refractivity contribution is -0.306. The minimum absolute atomic E-state index is 0.0737. The summed E-state index contributed by atoms with van der Waals surface area (Å²) in [4.78, 5) is 50.1. The number of carbonyl (C=O) groups excluding carboxylic acids is 5. The van der Waals surface area contributed by atoms with Crippen molar-refractivity contribution < 1.29 is 44.4 Å². The van der Waals surface area contributed by atoms with Crippen molar-refractivity contribution in [2.24, 2.45) is 0 Å². The number of rotatable bonds is 7. The lowest BCUT2D eigenvalue weighted by Crippen LogP contribution is -2.33. The fourth-order valence-electron chi connectivity index (χ4n) is 1.19. The third kappa shape index (κ3) is 9.34. The zero-order valence-electron chi connectivity index (χ0n) is 11.6. The van der Waals surface area contributed by atoms with Crippen LogP contribution in [-0.4, -0.2) is 34.6 Å². The molecule has 0 saturated heterocycles. The van der Waals surface area contributed by atoms with Crippen LogP contribution in [0.15, 0.2) is 24.3 Å². The first-order valence-corrected chi connectivity index (χ1v) is 6.09. The van der Waals surface area contributed by atoms with E-state index in [1.807, 2.05) is 0 Å². The lowest BCUT2D eigenvalue weighted by atomic mass is 10.1. The molecule has 0 atom stereocenters. The van der Waals surface area contributed by atoms with Crippen LogP contribution in [0.25, 0.3) is 0 Å². The molecule has 0 saturated carbocycles. The second-order valence-electron chi connectivity index (χ2n) is 4.14. The maximum atomic E-state index is 10.7. The first-order valence-electron chi connectivity index (χ1n) is 6.09. The van der Waals surface area contributed by atoms with Crippen LogP contribution in [0.2, 0.25) is 0 Å². The third-order valence-corrected chi connectivity index (χ3v) is 2.31. The minimum atomic E-state index is -1.86. The number of ketones is 2. The molecular weight excluding hydrogens is 312 g/mol. The summed E-state index contributed by atoms with van der Waals surface area (Å²) < 4.78 is 0. The van der Waals surface area contributed by atoms with Crippen molar-refractivity contribution in [2.45, 2.75) is 19.3 Å². The van der Waals surface area contributed by atoms with E-state index in [0.29, 0.717) is 5.56 Å². The Morgan fingerprint density at radius 2 is 1.26 bits per heavy atom. The SMILES string of the molecule is O=C([O-])C(=O)Cc1ccc(O)cc1.O=C([O-])CCC(=O)C(=O)[O-]. The number of Topliss-reactive ketones (excluding diaryl/α,β-unsaturated/α-hetero) is 2. The van der Waals surface area contributed by atoms with Crippen molar-refractivity contribution in [1.82, 2.24) is 0 Å². The molecule has 0 radical (unpaired) electrons. The number of phenols is 1. The van der Waals surface area contributed by atoms with E-state index in [4.69, 9.17) is 5.11 Å². The summed E-state index contributed by atoms with van der Waals surface area (Å²) in [5, 5.41) is 38.2. The Labute approximate surface area is 129 Å². The van der Waals surface area contributed by atoms with Gasteiger partial charge in [-0.2, -0.15) is 0 Å². The highest BCUT2D eigenvalue weighted by atomic mass is 16.4. The first kappa shape index (κ1) is 19.8. The molecule has 0 aliphatic heterocycles. The van der Waals surface area contributed by atoms with E-state index in [0.717, 1.165) is 0 Å². The number of aromatic hydroxyl groups is 1. The van der Waals surface area contributed by atoms with Gasteiger partial charge in [0.25, 0.3) is 0 Å². The van der Waals surface area contributed by atoms with Crippen molar-refractivity contribution in [3.05, 3.63) is 29.8 Å². The molecule has 0 aliphatic rings. The van der Waals surface area contributed by atoms with Crippen LogP contribution in [0, 0.1) is 0 Å². The zero-order chi connectivity index (χ0) is 18.0. The fraction of sp³-hybridized carbons (Fsp3) is 0.214. The van der Waals surface area contributed by atoms with E-state index in [1.54, 1.807) is 0 Å². The van der Waals surface area contributed by atoms with Gasteiger partial charge in [-0.3, -0.25) is 9.59 Å². The summed E-state index contributed by atoms with van der Waals surface area (Å²) >= 11 is 0. The van der Waals surface area contributed by atoms with E-state index < -0.39 is 42.3 Å². The van der Waals surface area contributed by atoms with Gasteiger partial charge in [0.05, 0.1) is 0 Å². The summed E-state index contributed by atoms with van der Waals surface area (Å²) in [5.74, 6) is -7.11. The minimum Gasteiger partial charge on any atom is -0.550 e. The molecule has 1 N–H and O–H groups in total. The maximum Gasteiger partial charge on any atom is 0.182 e. The summed E-state index contributed by atoms with van der Waals surface area (Å²) in [6, 6.07) is 5.74. The standard InChI is InChI=1S/C9H8O4.C5H6O5/c10-7-3-1-6(2-4-7)5-8(11)9(12)13;6-3(5(9)10)1-2-4(7)8/h1-4,10H,5H2,(H,12,13);1-2H2,(H,7,8)(H,9,10)/p-3. The number of hydrogen-bond acceptors (Lipinski definition) is 9. The first-order chi connectivity index (χ1) is 10.6. The number of carboxylic acids is 3. The van der Waals surface area contributed by atoms with Crippen molar-refractivity contribution in [1.29, 1.82) is 0 Å². The maximum absolute atomic E-state index is 10.7. The van der Waals surface area contributed by atoms with Gasteiger partial charge in [-0.25, -0.2) is 0 Å². The molecule has 9 heteroatoms. The summed E-state index contributed by atoms with van der Waals surface area (Å²) in [6.07, 6.45) is -1.35. The van der Waals surface area contributed by atoms with Gasteiger partial charge in [-0.15, -0.1) is 0 Å². The quantitative estimate of drug-likeness (QED) is 0.491. The predicted octanol–water partition coefficient (Wildman–Crippen LogP) is -3.91. The smallest absolute Gasteiger partial charge is 0.182 e. The van der Waals surface area contributed by atoms with Crippen molar-refractivity contribution >= 4 is 29.5 Å². The van der Waals surface area contributed by atoms with Crippen LogP contribution < -0.4 is 15.3 Å². The molecule has 1 aromatic rings. The van der Waals surface area contributed by atoms with Gasteiger partial charge in [0.1, 0.15) is 17.7 Å². The second-order valence-corrected chi connectivity index (χ2v) is 4.14. The third-order valence-electron chi connectivity index (χ3n) is 2.31. The van der Waals surface area contributed by atoms with Crippen LogP contribution in [0.4, 0.5) is 0 Å². The molecule has 0 aromatic heterocycles. The Morgan fingerprint density at radius 3 is 1.65 bits per heavy atom. The van der Waals surface area contributed by atoms with E-state index >= 15 is 0 Å². The van der Waals surface area contributed by atoms with E-state index in [2.05, 4.69) is 0 Å². The normalized spacial score (nSPS) is 9.22. The highest BCUT2D eigenvalue weighted by Gasteiger charge is 2.03. The van der Waals surface area contributed by atoms with Crippen molar-refractivity contribution in [3.8, 4) is 5.75 Å². The molecule has 124 valence electrons. The van der Waals surface area contributed by atoms with Crippen LogP contribution in [0.1, 0.15) is 18.4 Å². The molecule has 0 fully saturated rings. The number of benzene rings is 1. The summed E-state index contributed by atoms with van der Waals surface area (Å²) in [5.41, 5.74) is 0.534. The Kier molecular flexibility index (Phi) is 8.30. The number of aliphatic carboxylic acids is 3. The average Bonchev–Trinajstić information content (AvgIpc) is 2.47. The van der Waals surface area contributed by atoms with Crippen LogP contribution in [-0.2, 0) is 30.4 Å². The number of carboxylic acid groups (broad SMARTS) is 3. The van der Waals surface area contributed by atoms with Crippen molar-refractivity contribution in [2.75, 3.05) is 0 Å². The number of carbonyl (C=O) groups is 5. The molecule has 9 nitrogen and oxygen atoms in total. The highest BCUT2D eigenvalue weighted by molar-refractivity contribution is 6.32. The lowest BCUT2D eigenvalue weighted by Gasteiger charge is -2.01. The van der Waals surface area contributed by atoms with Crippen LogP contribution >= 0.6 is 0 Å². The van der Waals surface area contributed by atoms with Gasteiger partial charge < -0.3 is 34.8 Å². The molecule has 1 aromatic carbocycles. The van der Waals surface area contributed by atoms with E-state index in [1.165, 1.54) is 24.3 Å². The molecule has 0 amide bonds. The number of phenolic OH excluding ortho intramolecular Hbond substituents is 1. The monoisotopic (exact) mass is 323 g/mol. The molecule has 0 unspecified atom stereocenters. The Balaban J connectivity index is 0.000000438. The second kappa shape index (κ2) is 9.66. The Hall–Kier alpha value is -3.23. The molecule has 0 heterocycles. The van der Waals surface area contributed by atoms with Gasteiger partial charge in [-0.05, 0) is 24.1 Å². The van der Waals surface area contributed by atoms with Gasteiger partial charge >= 0.3 is 0 Å². The molecule has 0 spiro atoms. The summed E-state index contributed by atoms with van der Waals surface area (Å²) in [6.45, 7) is 0. The highest BCUT2D eigenvalue weighted by Crippen LogP contribution is 2.09. The van der Waals surface area contributed by atoms with Gasteiger partial charge in [0, 0.05) is 18.8 Å². The Bertz CT molecular complexity index is 601. The predicted molar refractivity (Wildman–Crippen MR) is 66.1 cm³/mol. The van der Waals surface area contributed by atoms with Gasteiger partial charge in [-0.1, -0.05) is 12.1 Å². The molecule has 1 rings (SSSR count). The van der Waals surface area contributed by atoms with E-state index in [9.17, 15) is 39.3 Å². The molecule has 23 heavy (non-hydrogen) atoms. The number of hydrogen-bond donors (Lipinski definition) is 1. The Morgan fingerprint density at radius 1 is 0.783 bits per heavy atom. The van der Waals surface area contributed by atoms with Gasteiger partial charge in [0.15, 0.2) is 11.6 Å². The zero-order valence-corrected chi connectivity index (χ0v) is 11.6. The van der Waals surface area contributed by atoms with Crippen LogP contribution in [0.3, 0.4) is 0 Å². The summed E-state index contributed by atoms with van der Waals surface area (Å²) in [7, 11) is 0. The van der Waals surface area contributed by atoms with Crippen LogP contribution in [0.5, 0.6) is 5.75 Å². The average molecular weight is 323 g/mol. The van der Waals surface area contributed by atoms with E-state index in [-0.39, 0.29) is 12.2 Å². The molecular formula is C14H11O9-3. The van der Waals surface area contributed by atoms with Crippen molar-refractivity contribution in [3.63, 3.8) is 0 Å². The fourth-order valence-corrected chi connectivity index (χ4v) is 1.19. The molecule has 0 aliphatic carbocycles. The van der Waals surface area contributed by atoms with Gasteiger partial charge in [0.2, 0.25) is 0 Å².